The zero-order valence-electron chi connectivity index (χ0n) is 9.94. The Hall–Kier alpha value is -0.120. The molecular formula is C11H26N2O. The molecule has 0 fully saturated rings. The summed E-state index contributed by atoms with van der Waals surface area (Å²) in [6.07, 6.45) is 2.76. The second kappa shape index (κ2) is 11.0. The van der Waals surface area contributed by atoms with Crippen LogP contribution in [0.1, 0.15) is 33.6 Å². The summed E-state index contributed by atoms with van der Waals surface area (Å²) in [5.74, 6) is 0. The zero-order valence-corrected chi connectivity index (χ0v) is 9.94. The molecule has 0 saturated carbocycles. The first kappa shape index (κ1) is 13.9. The molecule has 3 heteroatoms. The van der Waals surface area contributed by atoms with Crippen LogP contribution < -0.4 is 10.6 Å². The molecule has 0 saturated heterocycles. The molecule has 0 atom stereocenters. The quantitative estimate of drug-likeness (QED) is 0.525. The van der Waals surface area contributed by atoms with Gasteiger partial charge in [0.2, 0.25) is 0 Å². The van der Waals surface area contributed by atoms with E-state index in [1.54, 1.807) is 0 Å². The van der Waals surface area contributed by atoms with Gasteiger partial charge in [-0.25, -0.2) is 0 Å². The molecule has 0 rings (SSSR count). The molecule has 0 unspecified atom stereocenters. The van der Waals surface area contributed by atoms with Crippen LogP contribution in [0, 0.1) is 0 Å². The van der Waals surface area contributed by atoms with Gasteiger partial charge in [0, 0.05) is 6.54 Å². The normalized spacial score (nSPS) is 11.1. The molecule has 0 aromatic carbocycles. The van der Waals surface area contributed by atoms with E-state index in [0.717, 1.165) is 32.8 Å². The molecule has 0 aromatic rings. The monoisotopic (exact) mass is 202 g/mol. The van der Waals surface area contributed by atoms with Crippen LogP contribution >= 0.6 is 0 Å². The highest BCUT2D eigenvalue weighted by Gasteiger charge is 1.92. The lowest BCUT2D eigenvalue weighted by atomic mass is 10.4. The molecule has 0 spiro atoms. The van der Waals surface area contributed by atoms with Gasteiger partial charge in [-0.1, -0.05) is 6.92 Å². The van der Waals surface area contributed by atoms with Crippen LogP contribution in [-0.4, -0.2) is 38.9 Å². The molecule has 14 heavy (non-hydrogen) atoms. The Bertz CT molecular complexity index is 107. The maximum atomic E-state index is 5.41. The Labute approximate surface area is 88.6 Å². The number of rotatable bonds is 10. The third-order valence-corrected chi connectivity index (χ3v) is 1.86. The van der Waals surface area contributed by atoms with Crippen molar-refractivity contribution in [3.05, 3.63) is 0 Å². The van der Waals surface area contributed by atoms with Gasteiger partial charge in [0.15, 0.2) is 0 Å². The van der Waals surface area contributed by atoms with Crippen molar-refractivity contribution in [2.45, 2.75) is 39.7 Å². The first-order valence-electron chi connectivity index (χ1n) is 5.80. The summed E-state index contributed by atoms with van der Waals surface area (Å²) in [6.45, 7) is 11.4. The number of nitrogens with one attached hydrogen (secondary N) is 2. The van der Waals surface area contributed by atoms with Gasteiger partial charge in [-0.3, -0.25) is 0 Å². The summed E-state index contributed by atoms with van der Waals surface area (Å²) in [5.41, 5.74) is 0. The fourth-order valence-corrected chi connectivity index (χ4v) is 1.13. The van der Waals surface area contributed by atoms with E-state index in [9.17, 15) is 0 Å². The Kier molecular flexibility index (Phi) is 10.9. The van der Waals surface area contributed by atoms with E-state index >= 15 is 0 Å². The summed E-state index contributed by atoms with van der Waals surface area (Å²) < 4.78 is 5.41. The van der Waals surface area contributed by atoms with Crippen LogP contribution in [0.5, 0.6) is 0 Å². The summed E-state index contributed by atoms with van der Waals surface area (Å²) in [7, 11) is 0. The first-order chi connectivity index (χ1) is 6.77. The van der Waals surface area contributed by atoms with Crippen molar-refractivity contribution in [2.24, 2.45) is 0 Å². The van der Waals surface area contributed by atoms with Crippen molar-refractivity contribution in [3.8, 4) is 0 Å². The van der Waals surface area contributed by atoms with E-state index in [1.807, 2.05) is 0 Å². The highest BCUT2D eigenvalue weighted by molar-refractivity contribution is 4.51. The maximum Gasteiger partial charge on any atom is 0.0594 e. The summed E-state index contributed by atoms with van der Waals surface area (Å²) in [6, 6.07) is 0. The van der Waals surface area contributed by atoms with Crippen LogP contribution in [0.15, 0.2) is 0 Å². The van der Waals surface area contributed by atoms with Crippen molar-refractivity contribution in [1.82, 2.24) is 10.6 Å². The fourth-order valence-electron chi connectivity index (χ4n) is 1.13. The molecule has 0 aliphatic rings. The fraction of sp³-hybridized carbons (Fsp3) is 1.00. The third kappa shape index (κ3) is 11.9. The Morgan fingerprint density at radius 2 is 1.64 bits per heavy atom. The van der Waals surface area contributed by atoms with Crippen molar-refractivity contribution in [2.75, 3.05) is 32.8 Å². The van der Waals surface area contributed by atoms with E-state index in [2.05, 4.69) is 31.4 Å². The van der Waals surface area contributed by atoms with Crippen LogP contribution in [-0.2, 0) is 4.74 Å². The van der Waals surface area contributed by atoms with Gasteiger partial charge in [0.05, 0.1) is 12.7 Å². The predicted molar refractivity (Wildman–Crippen MR) is 61.7 cm³/mol. The molecule has 0 bridgehead atoms. The molecule has 3 nitrogen and oxygen atoms in total. The second-order valence-electron chi connectivity index (χ2n) is 3.77. The average molecular weight is 202 g/mol. The van der Waals surface area contributed by atoms with Crippen LogP contribution in [0.3, 0.4) is 0 Å². The van der Waals surface area contributed by atoms with Crippen molar-refractivity contribution >= 4 is 0 Å². The zero-order chi connectivity index (χ0) is 10.6. The predicted octanol–water partition coefficient (Wildman–Crippen LogP) is 1.39. The lowest BCUT2D eigenvalue weighted by Gasteiger charge is -2.08. The standard InChI is InChI=1S/C11H26N2O/c1-4-6-12-7-5-8-13-9-10-14-11(2)3/h11-13H,4-10H2,1-3H3. The second-order valence-corrected chi connectivity index (χ2v) is 3.77. The van der Waals surface area contributed by atoms with Crippen LogP contribution in [0.4, 0.5) is 0 Å². The van der Waals surface area contributed by atoms with E-state index in [-0.39, 0.29) is 0 Å². The molecule has 0 aliphatic heterocycles. The van der Waals surface area contributed by atoms with E-state index < -0.39 is 0 Å². The number of ether oxygens (including phenoxy) is 1. The molecule has 0 heterocycles. The summed E-state index contributed by atoms with van der Waals surface area (Å²) >= 11 is 0. The SMILES string of the molecule is CCCNCCCNCCOC(C)C. The van der Waals surface area contributed by atoms with Gasteiger partial charge < -0.3 is 15.4 Å². The summed E-state index contributed by atoms with van der Waals surface area (Å²) in [5, 5.41) is 6.73. The lowest BCUT2D eigenvalue weighted by molar-refractivity contribution is 0.0809. The molecular weight excluding hydrogens is 176 g/mol. The third-order valence-electron chi connectivity index (χ3n) is 1.86. The molecule has 0 aromatic heterocycles. The van der Waals surface area contributed by atoms with Crippen molar-refractivity contribution in [3.63, 3.8) is 0 Å². The van der Waals surface area contributed by atoms with Gasteiger partial charge >= 0.3 is 0 Å². The maximum absolute atomic E-state index is 5.41. The Morgan fingerprint density at radius 3 is 2.21 bits per heavy atom. The largest absolute Gasteiger partial charge is 0.377 e. The minimum atomic E-state index is 0.350. The Balaban J connectivity index is 2.85. The van der Waals surface area contributed by atoms with Gasteiger partial charge in [0.1, 0.15) is 0 Å². The van der Waals surface area contributed by atoms with Crippen LogP contribution in [0.2, 0.25) is 0 Å². The van der Waals surface area contributed by atoms with Gasteiger partial charge in [-0.15, -0.1) is 0 Å². The van der Waals surface area contributed by atoms with E-state index in [1.165, 1.54) is 12.8 Å². The molecule has 0 radical (unpaired) electrons. The number of hydrogen-bond donors (Lipinski definition) is 2. The number of hydrogen-bond acceptors (Lipinski definition) is 3. The minimum Gasteiger partial charge on any atom is -0.377 e. The first-order valence-corrected chi connectivity index (χ1v) is 5.80. The van der Waals surface area contributed by atoms with Gasteiger partial charge in [0.25, 0.3) is 0 Å². The Morgan fingerprint density at radius 1 is 1.00 bits per heavy atom. The van der Waals surface area contributed by atoms with E-state index in [4.69, 9.17) is 4.74 Å². The summed E-state index contributed by atoms with van der Waals surface area (Å²) in [4.78, 5) is 0. The average Bonchev–Trinajstić information content (AvgIpc) is 2.15. The highest BCUT2D eigenvalue weighted by atomic mass is 16.5. The van der Waals surface area contributed by atoms with E-state index in [0.29, 0.717) is 6.10 Å². The minimum absolute atomic E-state index is 0.350. The smallest absolute Gasteiger partial charge is 0.0594 e. The van der Waals surface area contributed by atoms with Gasteiger partial charge in [-0.05, 0) is 46.3 Å². The lowest BCUT2D eigenvalue weighted by Crippen LogP contribution is -2.25. The van der Waals surface area contributed by atoms with Crippen LogP contribution in [0.25, 0.3) is 0 Å². The highest BCUT2D eigenvalue weighted by Crippen LogP contribution is 1.85. The molecule has 0 amide bonds. The van der Waals surface area contributed by atoms with Crippen molar-refractivity contribution in [1.29, 1.82) is 0 Å². The molecule has 0 aliphatic carbocycles. The molecule has 2 N–H and O–H groups in total. The van der Waals surface area contributed by atoms with Gasteiger partial charge in [-0.2, -0.15) is 0 Å². The van der Waals surface area contributed by atoms with Crippen molar-refractivity contribution < 1.29 is 4.74 Å². The molecule has 86 valence electrons. The topological polar surface area (TPSA) is 33.3 Å².